The van der Waals surface area contributed by atoms with Crippen LogP contribution in [-0.2, 0) is 11.2 Å². The van der Waals surface area contributed by atoms with Crippen LogP contribution in [0.3, 0.4) is 0 Å². The number of aromatic nitrogens is 2. The molecule has 0 aliphatic carbocycles. The van der Waals surface area contributed by atoms with Crippen molar-refractivity contribution in [3.8, 4) is 11.3 Å². The number of hydrogen-bond acceptors (Lipinski definition) is 4. The highest BCUT2D eigenvalue weighted by molar-refractivity contribution is 9.10. The third kappa shape index (κ3) is 3.00. The lowest BCUT2D eigenvalue weighted by Crippen LogP contribution is -2.15. The van der Waals surface area contributed by atoms with E-state index in [4.69, 9.17) is 4.98 Å². The third-order valence-corrected chi connectivity index (χ3v) is 4.65. The Bertz CT molecular complexity index is 959. The number of anilines is 3. The fraction of sp³-hybridized carbons (Fsp3) is 0.105. The SMILES string of the molecule is CN(c1ccccc1)c1ncc2c(n1)-c1cc(Br)ccc1NC(=O)C2. The molecular weight excluding hydrogens is 380 g/mol. The van der Waals surface area contributed by atoms with E-state index in [-0.39, 0.29) is 12.3 Å². The van der Waals surface area contributed by atoms with Crippen LogP contribution >= 0.6 is 15.9 Å². The van der Waals surface area contributed by atoms with E-state index in [9.17, 15) is 4.79 Å². The van der Waals surface area contributed by atoms with Crippen LogP contribution in [0, 0.1) is 0 Å². The van der Waals surface area contributed by atoms with Gasteiger partial charge in [-0.3, -0.25) is 4.79 Å². The zero-order valence-electron chi connectivity index (χ0n) is 13.5. The van der Waals surface area contributed by atoms with Crippen molar-refractivity contribution in [2.24, 2.45) is 0 Å². The normalized spacial score (nSPS) is 12.6. The van der Waals surface area contributed by atoms with Gasteiger partial charge in [-0.25, -0.2) is 9.97 Å². The maximum atomic E-state index is 12.1. The maximum absolute atomic E-state index is 12.1. The van der Waals surface area contributed by atoms with Gasteiger partial charge < -0.3 is 10.2 Å². The number of para-hydroxylation sites is 1. The number of halogens is 1. The number of rotatable bonds is 2. The van der Waals surface area contributed by atoms with Crippen LogP contribution in [0.25, 0.3) is 11.3 Å². The summed E-state index contributed by atoms with van der Waals surface area (Å²) in [5.41, 5.74) is 4.25. The van der Waals surface area contributed by atoms with E-state index in [1.165, 1.54) is 0 Å². The second-order valence-electron chi connectivity index (χ2n) is 5.85. The molecule has 0 unspecified atom stereocenters. The number of amides is 1. The number of benzene rings is 2. The minimum absolute atomic E-state index is 0.0601. The van der Waals surface area contributed by atoms with Crippen LogP contribution in [-0.4, -0.2) is 22.9 Å². The zero-order valence-corrected chi connectivity index (χ0v) is 15.1. The van der Waals surface area contributed by atoms with E-state index < -0.39 is 0 Å². The third-order valence-electron chi connectivity index (χ3n) is 4.16. The summed E-state index contributed by atoms with van der Waals surface area (Å²) in [5.74, 6) is 0.528. The highest BCUT2D eigenvalue weighted by atomic mass is 79.9. The minimum atomic E-state index is -0.0601. The molecule has 1 N–H and O–H groups in total. The molecule has 0 saturated heterocycles. The molecule has 0 bridgehead atoms. The predicted molar refractivity (Wildman–Crippen MR) is 102 cm³/mol. The van der Waals surface area contributed by atoms with Crippen molar-refractivity contribution >= 4 is 39.2 Å². The fourth-order valence-electron chi connectivity index (χ4n) is 2.88. The molecular formula is C19H15BrN4O. The van der Waals surface area contributed by atoms with Gasteiger partial charge in [0.05, 0.1) is 17.8 Å². The molecule has 5 nitrogen and oxygen atoms in total. The number of nitrogens with one attached hydrogen (secondary N) is 1. The molecule has 25 heavy (non-hydrogen) atoms. The quantitative estimate of drug-likeness (QED) is 0.708. The topological polar surface area (TPSA) is 58.1 Å². The Labute approximate surface area is 153 Å². The molecule has 0 radical (unpaired) electrons. The molecule has 2 aromatic carbocycles. The van der Waals surface area contributed by atoms with E-state index in [1.807, 2.05) is 60.5 Å². The van der Waals surface area contributed by atoms with E-state index in [2.05, 4.69) is 26.2 Å². The van der Waals surface area contributed by atoms with Crippen molar-refractivity contribution in [3.05, 3.63) is 64.8 Å². The van der Waals surface area contributed by atoms with Gasteiger partial charge in [-0.1, -0.05) is 34.1 Å². The van der Waals surface area contributed by atoms with Crippen molar-refractivity contribution in [3.63, 3.8) is 0 Å². The van der Waals surface area contributed by atoms with E-state index in [0.29, 0.717) is 5.95 Å². The minimum Gasteiger partial charge on any atom is -0.325 e. The Balaban J connectivity index is 1.86. The van der Waals surface area contributed by atoms with Gasteiger partial charge in [0.1, 0.15) is 0 Å². The van der Waals surface area contributed by atoms with Crippen LogP contribution in [0.1, 0.15) is 5.56 Å². The number of nitrogens with zero attached hydrogens (tertiary/aromatic N) is 3. The molecule has 0 fully saturated rings. The summed E-state index contributed by atoms with van der Waals surface area (Å²) in [6.07, 6.45) is 2.00. The van der Waals surface area contributed by atoms with Gasteiger partial charge in [-0.05, 0) is 30.3 Å². The first-order chi connectivity index (χ1) is 12.1. The highest BCUT2D eigenvalue weighted by Crippen LogP contribution is 2.35. The number of hydrogen-bond donors (Lipinski definition) is 1. The number of fused-ring (bicyclic) bond motifs is 3. The smallest absolute Gasteiger partial charge is 0.230 e. The summed E-state index contributed by atoms with van der Waals surface area (Å²) in [6.45, 7) is 0. The number of carbonyl (C=O) groups excluding carboxylic acids is 1. The van der Waals surface area contributed by atoms with Crippen molar-refractivity contribution in [1.82, 2.24) is 9.97 Å². The van der Waals surface area contributed by atoms with Gasteiger partial charge in [0.2, 0.25) is 11.9 Å². The first kappa shape index (κ1) is 15.8. The summed E-state index contributed by atoms with van der Waals surface area (Å²) in [6, 6.07) is 15.7. The van der Waals surface area contributed by atoms with Gasteiger partial charge in [-0.2, -0.15) is 0 Å². The fourth-order valence-corrected chi connectivity index (χ4v) is 3.24. The molecule has 124 valence electrons. The van der Waals surface area contributed by atoms with Crippen molar-refractivity contribution in [2.45, 2.75) is 6.42 Å². The lowest BCUT2D eigenvalue weighted by atomic mass is 10.1. The average molecular weight is 395 g/mol. The number of carbonyl (C=O) groups is 1. The first-order valence-electron chi connectivity index (χ1n) is 7.86. The molecule has 6 heteroatoms. The Kier molecular flexibility index (Phi) is 3.97. The molecule has 1 aromatic heterocycles. The average Bonchev–Trinajstić information content (AvgIpc) is 2.77. The second kappa shape index (κ2) is 6.29. The van der Waals surface area contributed by atoms with E-state index >= 15 is 0 Å². The monoisotopic (exact) mass is 394 g/mol. The lowest BCUT2D eigenvalue weighted by Gasteiger charge is -2.18. The van der Waals surface area contributed by atoms with Crippen LogP contribution in [0.4, 0.5) is 17.3 Å². The van der Waals surface area contributed by atoms with Gasteiger partial charge in [0.25, 0.3) is 0 Å². The molecule has 1 aliphatic heterocycles. The van der Waals surface area contributed by atoms with Crippen LogP contribution in [0.2, 0.25) is 0 Å². The van der Waals surface area contributed by atoms with E-state index in [1.54, 1.807) is 6.20 Å². The molecule has 0 saturated carbocycles. The zero-order chi connectivity index (χ0) is 17.4. The summed E-state index contributed by atoms with van der Waals surface area (Å²) in [7, 11) is 1.93. The molecule has 4 rings (SSSR count). The van der Waals surface area contributed by atoms with Gasteiger partial charge in [-0.15, -0.1) is 0 Å². The predicted octanol–water partition coefficient (Wildman–Crippen LogP) is 4.17. The van der Waals surface area contributed by atoms with Crippen molar-refractivity contribution < 1.29 is 4.79 Å². The maximum Gasteiger partial charge on any atom is 0.230 e. The largest absolute Gasteiger partial charge is 0.325 e. The summed E-state index contributed by atoms with van der Waals surface area (Å²) < 4.78 is 0.935. The van der Waals surface area contributed by atoms with Gasteiger partial charge >= 0.3 is 0 Å². The lowest BCUT2D eigenvalue weighted by molar-refractivity contribution is -0.115. The van der Waals surface area contributed by atoms with E-state index in [0.717, 1.165) is 32.7 Å². The molecule has 0 atom stereocenters. The van der Waals surface area contributed by atoms with Crippen LogP contribution in [0.5, 0.6) is 0 Å². The van der Waals surface area contributed by atoms with Crippen LogP contribution in [0.15, 0.2) is 59.2 Å². The summed E-state index contributed by atoms with van der Waals surface area (Å²) in [5, 5.41) is 2.94. The van der Waals surface area contributed by atoms with Gasteiger partial charge in [0.15, 0.2) is 0 Å². The summed E-state index contributed by atoms with van der Waals surface area (Å²) >= 11 is 3.50. The standard InChI is InChI=1S/C19H15BrN4O/c1-24(14-5-3-2-4-6-14)19-21-11-12-9-17(25)22-16-8-7-13(20)10-15(16)18(12)23-19/h2-8,10-11H,9H2,1H3,(H,22,25). The Hall–Kier alpha value is -2.73. The Morgan fingerprint density at radius 1 is 1.16 bits per heavy atom. The van der Waals surface area contributed by atoms with Crippen molar-refractivity contribution in [2.75, 3.05) is 17.3 Å². The van der Waals surface area contributed by atoms with Crippen LogP contribution < -0.4 is 10.2 Å². The molecule has 2 heterocycles. The molecule has 3 aromatic rings. The van der Waals surface area contributed by atoms with Crippen molar-refractivity contribution in [1.29, 1.82) is 0 Å². The second-order valence-corrected chi connectivity index (χ2v) is 6.77. The van der Waals surface area contributed by atoms with Gasteiger partial charge in [0, 0.05) is 34.5 Å². The Morgan fingerprint density at radius 2 is 1.96 bits per heavy atom. The highest BCUT2D eigenvalue weighted by Gasteiger charge is 2.22. The molecule has 1 aliphatic rings. The first-order valence-corrected chi connectivity index (χ1v) is 8.65. The Morgan fingerprint density at radius 3 is 2.76 bits per heavy atom. The molecule has 0 spiro atoms. The molecule has 1 amide bonds. The summed E-state index contributed by atoms with van der Waals surface area (Å²) in [4.78, 5) is 23.3.